The van der Waals surface area contributed by atoms with Gasteiger partial charge in [0.05, 0.1) is 29.3 Å². The molecule has 4 atom stereocenters. The van der Waals surface area contributed by atoms with Crippen molar-refractivity contribution in [1.29, 1.82) is 0 Å². The number of rotatable bonds is 11. The molecule has 0 aliphatic carbocycles. The first kappa shape index (κ1) is 29.3. The van der Waals surface area contributed by atoms with Crippen LogP contribution >= 0.6 is 0 Å². The number of aryl methyl sites for hydroxylation is 2. The second kappa shape index (κ2) is 12.8. The summed E-state index contributed by atoms with van der Waals surface area (Å²) in [5.74, 6) is 0.100. The molecule has 5 rings (SSSR count). The SMILES string of the molecule is C[C@H]1[C@H]([Si](C)(C)F)[C@@H](CCn2cc(CCO)nn2)O[C@H]1CCc1cccc(N2N=C(c3ccccc3)CCC2=O)c1. The molecule has 2 aliphatic rings. The van der Waals surface area contributed by atoms with Crippen LogP contribution in [-0.4, -0.2) is 58.9 Å². The van der Waals surface area contributed by atoms with Crippen molar-refractivity contribution in [2.24, 2.45) is 11.0 Å². The van der Waals surface area contributed by atoms with Crippen molar-refractivity contribution in [2.45, 2.75) is 82.8 Å². The lowest BCUT2D eigenvalue weighted by Crippen LogP contribution is -2.36. The number of anilines is 1. The normalized spacial score (nSPS) is 23.2. The van der Waals surface area contributed by atoms with Gasteiger partial charge in [-0.15, -0.1) is 5.10 Å². The van der Waals surface area contributed by atoms with Gasteiger partial charge in [0.1, 0.15) is 0 Å². The van der Waals surface area contributed by atoms with Gasteiger partial charge in [-0.1, -0.05) is 54.6 Å². The third-order valence-electron chi connectivity index (χ3n) is 8.30. The van der Waals surface area contributed by atoms with Crippen LogP contribution in [0, 0.1) is 5.92 Å². The molecular weight excluding hydrogens is 537 g/mol. The Morgan fingerprint density at radius 1 is 1.05 bits per heavy atom. The largest absolute Gasteiger partial charge is 0.396 e. The van der Waals surface area contributed by atoms with E-state index < -0.39 is 8.41 Å². The molecule has 41 heavy (non-hydrogen) atoms. The Balaban J connectivity index is 1.25. The van der Waals surface area contributed by atoms with Crippen LogP contribution in [0.25, 0.3) is 0 Å². The lowest BCUT2D eigenvalue weighted by molar-refractivity contribution is -0.118. The standard InChI is InChI=1S/C31H40FN5O3Si/c1-22-28(40-29(31(22)41(2,3)32)16-18-36-21-25(17-19-38)33-35-36)14-12-23-8-7-11-26(20-23)37-30(39)15-13-27(34-37)24-9-5-4-6-10-24/h4-11,20-22,28-29,31,38H,12-19H2,1-3H3/t22-,28+,29-,31+/m1/s1. The van der Waals surface area contributed by atoms with Gasteiger partial charge >= 0.3 is 0 Å². The molecule has 10 heteroatoms. The molecule has 3 aromatic rings. The number of hydrogen-bond donors (Lipinski definition) is 1. The molecule has 0 radical (unpaired) electrons. The number of amides is 1. The minimum atomic E-state index is -2.98. The molecule has 1 fully saturated rings. The number of nitrogens with zero attached hydrogens (tertiary/aromatic N) is 5. The molecule has 0 bridgehead atoms. The van der Waals surface area contributed by atoms with Gasteiger partial charge in [-0.3, -0.25) is 9.48 Å². The van der Waals surface area contributed by atoms with Crippen molar-refractivity contribution in [3.63, 3.8) is 0 Å². The predicted molar refractivity (Wildman–Crippen MR) is 160 cm³/mol. The quantitative estimate of drug-likeness (QED) is 0.246. The van der Waals surface area contributed by atoms with Crippen LogP contribution < -0.4 is 5.01 Å². The van der Waals surface area contributed by atoms with Crippen molar-refractivity contribution in [3.05, 3.63) is 77.6 Å². The van der Waals surface area contributed by atoms with E-state index in [4.69, 9.17) is 14.9 Å². The Labute approximate surface area is 242 Å². The summed E-state index contributed by atoms with van der Waals surface area (Å²) in [4.78, 5) is 12.8. The highest BCUT2D eigenvalue weighted by molar-refractivity contribution is 6.72. The van der Waals surface area contributed by atoms with Crippen molar-refractivity contribution >= 4 is 25.7 Å². The summed E-state index contributed by atoms with van der Waals surface area (Å²) >= 11 is 0. The number of hydrogen-bond acceptors (Lipinski definition) is 6. The van der Waals surface area contributed by atoms with E-state index in [2.05, 4.69) is 23.3 Å². The van der Waals surface area contributed by atoms with E-state index in [1.54, 1.807) is 17.8 Å². The number of aromatic nitrogens is 3. The van der Waals surface area contributed by atoms with Gasteiger partial charge in [-0.05, 0) is 61.5 Å². The van der Waals surface area contributed by atoms with E-state index >= 15 is 4.11 Å². The van der Waals surface area contributed by atoms with Gasteiger partial charge in [-0.2, -0.15) is 5.10 Å². The lowest BCUT2D eigenvalue weighted by atomic mass is 9.95. The fourth-order valence-corrected chi connectivity index (χ4v) is 8.92. The Morgan fingerprint density at radius 2 is 1.85 bits per heavy atom. The van der Waals surface area contributed by atoms with Crippen LogP contribution in [0.3, 0.4) is 0 Å². The van der Waals surface area contributed by atoms with E-state index in [-0.39, 0.29) is 36.2 Å². The molecule has 2 aliphatic heterocycles. The van der Waals surface area contributed by atoms with E-state index in [1.807, 2.05) is 54.7 Å². The fourth-order valence-electron chi connectivity index (χ4n) is 6.33. The molecule has 1 aromatic heterocycles. The first-order valence-corrected chi connectivity index (χ1v) is 17.6. The third kappa shape index (κ3) is 6.99. The van der Waals surface area contributed by atoms with Gasteiger partial charge in [0.2, 0.25) is 14.3 Å². The molecule has 1 saturated heterocycles. The minimum Gasteiger partial charge on any atom is -0.396 e. The van der Waals surface area contributed by atoms with Crippen LogP contribution in [0.5, 0.6) is 0 Å². The molecule has 0 unspecified atom stereocenters. The van der Waals surface area contributed by atoms with Gasteiger partial charge < -0.3 is 14.0 Å². The molecule has 3 heterocycles. The fraction of sp³-hybridized carbons (Fsp3) is 0.484. The first-order chi connectivity index (χ1) is 19.7. The highest BCUT2D eigenvalue weighted by Crippen LogP contribution is 2.47. The van der Waals surface area contributed by atoms with Gasteiger partial charge in [0.15, 0.2) is 0 Å². The first-order valence-electron chi connectivity index (χ1n) is 14.6. The van der Waals surface area contributed by atoms with Crippen molar-refractivity contribution < 1.29 is 18.7 Å². The number of hydrazone groups is 1. The molecule has 2 aromatic carbocycles. The Hall–Kier alpha value is -3.21. The molecule has 218 valence electrons. The minimum absolute atomic E-state index is 0.00809. The zero-order valence-electron chi connectivity index (χ0n) is 24.1. The van der Waals surface area contributed by atoms with Crippen molar-refractivity contribution in [3.8, 4) is 0 Å². The molecule has 1 amide bonds. The Bertz CT molecular complexity index is 1360. The smallest absolute Gasteiger partial charge is 0.247 e. The summed E-state index contributed by atoms with van der Waals surface area (Å²) in [6.45, 7) is 6.32. The van der Waals surface area contributed by atoms with E-state index in [0.29, 0.717) is 32.2 Å². The van der Waals surface area contributed by atoms with Gasteiger partial charge in [0.25, 0.3) is 0 Å². The summed E-state index contributed by atoms with van der Waals surface area (Å²) < 4.78 is 23.9. The molecule has 8 nitrogen and oxygen atoms in total. The summed E-state index contributed by atoms with van der Waals surface area (Å²) in [6, 6.07) is 18.0. The van der Waals surface area contributed by atoms with Crippen LogP contribution in [0.1, 0.15) is 49.4 Å². The lowest BCUT2D eigenvalue weighted by Gasteiger charge is -2.28. The van der Waals surface area contributed by atoms with Gasteiger partial charge in [0, 0.05) is 44.2 Å². The molecular formula is C31H40FN5O3Si. The Kier molecular flexibility index (Phi) is 9.11. The number of aliphatic hydroxyl groups excluding tert-OH is 1. The second-order valence-corrected chi connectivity index (χ2v) is 15.5. The maximum Gasteiger partial charge on any atom is 0.247 e. The summed E-state index contributed by atoms with van der Waals surface area (Å²) in [5, 5.41) is 23.6. The average molecular weight is 578 g/mol. The number of ether oxygens (including phenoxy) is 1. The molecule has 1 N–H and O–H groups in total. The molecule has 0 saturated carbocycles. The predicted octanol–water partition coefficient (Wildman–Crippen LogP) is 5.32. The van der Waals surface area contributed by atoms with E-state index in [1.165, 1.54) is 5.01 Å². The van der Waals surface area contributed by atoms with Crippen molar-refractivity contribution in [2.75, 3.05) is 11.6 Å². The maximum absolute atomic E-state index is 15.6. The Morgan fingerprint density at radius 3 is 2.61 bits per heavy atom. The van der Waals surface area contributed by atoms with E-state index in [0.717, 1.165) is 41.1 Å². The van der Waals surface area contributed by atoms with E-state index in [9.17, 15) is 4.79 Å². The van der Waals surface area contributed by atoms with Crippen LogP contribution in [0.2, 0.25) is 18.6 Å². The van der Waals surface area contributed by atoms with Crippen LogP contribution in [0.4, 0.5) is 9.80 Å². The summed E-state index contributed by atoms with van der Waals surface area (Å²) in [5.41, 5.74) is 4.46. The monoisotopic (exact) mass is 577 g/mol. The number of halogens is 1. The number of benzene rings is 2. The highest BCUT2D eigenvalue weighted by Gasteiger charge is 2.50. The highest BCUT2D eigenvalue weighted by atomic mass is 28.4. The zero-order chi connectivity index (χ0) is 29.0. The maximum atomic E-state index is 15.6. The molecule has 0 spiro atoms. The zero-order valence-corrected chi connectivity index (χ0v) is 25.1. The topological polar surface area (TPSA) is 92.8 Å². The van der Waals surface area contributed by atoms with Gasteiger partial charge in [-0.25, -0.2) is 5.01 Å². The number of aliphatic hydroxyl groups is 1. The van der Waals surface area contributed by atoms with Crippen molar-refractivity contribution in [1.82, 2.24) is 15.0 Å². The van der Waals surface area contributed by atoms with Crippen LogP contribution in [0.15, 0.2) is 65.9 Å². The summed E-state index contributed by atoms with van der Waals surface area (Å²) in [7, 11) is -2.98. The third-order valence-corrected chi connectivity index (χ3v) is 10.8. The second-order valence-electron chi connectivity index (χ2n) is 11.7. The number of carbonyl (C=O) groups is 1. The number of carbonyl (C=O) groups excluding carboxylic acids is 1. The summed E-state index contributed by atoms with van der Waals surface area (Å²) in [6.07, 6.45) is 5.36. The average Bonchev–Trinajstić information content (AvgIpc) is 3.55. The van der Waals surface area contributed by atoms with Crippen LogP contribution in [-0.2, 0) is 28.9 Å².